The third-order valence-corrected chi connectivity index (χ3v) is 4.22. The minimum absolute atomic E-state index is 0.0242. The number of likely N-dealkylation sites (N-methyl/N-ethyl adjacent to an activating group) is 1. The highest BCUT2D eigenvalue weighted by atomic mass is 16.2. The van der Waals surface area contributed by atoms with Gasteiger partial charge in [0.1, 0.15) is 17.6 Å². The highest BCUT2D eigenvalue weighted by molar-refractivity contribution is 5.96. The number of nitrogens with zero attached hydrogens (tertiary/aromatic N) is 4. The van der Waals surface area contributed by atoms with E-state index in [1.54, 1.807) is 29.1 Å². The fraction of sp³-hybridized carbons (Fsp3) is 0.647. The molecule has 2 rings (SSSR count). The van der Waals surface area contributed by atoms with Crippen molar-refractivity contribution in [3.05, 3.63) is 23.8 Å². The van der Waals surface area contributed by atoms with Gasteiger partial charge in [0.15, 0.2) is 0 Å². The van der Waals surface area contributed by atoms with Gasteiger partial charge in [-0.3, -0.25) is 9.59 Å². The standard InChI is InChI=1S/C17H26N4O2/c1-5-6-7-14-17(23)20(4)10-11-21(14)16(22)13-8-9-18-15(19-13)12(2)3/h8-9,12,14H,5-7,10-11H2,1-4H3/t14-/m0/s1. The summed E-state index contributed by atoms with van der Waals surface area (Å²) in [6.45, 7) is 7.19. The highest BCUT2D eigenvalue weighted by Crippen LogP contribution is 2.19. The summed E-state index contributed by atoms with van der Waals surface area (Å²) in [6, 6.07) is 1.26. The molecule has 1 aliphatic rings. The average molecular weight is 318 g/mol. The van der Waals surface area contributed by atoms with Crippen LogP contribution in [-0.4, -0.2) is 57.8 Å². The number of piperazine rings is 1. The van der Waals surface area contributed by atoms with Crippen LogP contribution in [0.4, 0.5) is 0 Å². The van der Waals surface area contributed by atoms with Crippen molar-refractivity contribution in [3.8, 4) is 0 Å². The maximum Gasteiger partial charge on any atom is 0.273 e. The Kier molecular flexibility index (Phi) is 5.69. The van der Waals surface area contributed by atoms with E-state index in [0.717, 1.165) is 12.8 Å². The SMILES string of the molecule is CCCC[C@H]1C(=O)N(C)CCN1C(=O)c1ccnc(C(C)C)n1. The van der Waals surface area contributed by atoms with Gasteiger partial charge in [-0.2, -0.15) is 0 Å². The van der Waals surface area contributed by atoms with E-state index in [9.17, 15) is 9.59 Å². The third kappa shape index (κ3) is 3.86. The van der Waals surface area contributed by atoms with Gasteiger partial charge in [0.2, 0.25) is 5.91 Å². The Labute approximate surface area is 137 Å². The van der Waals surface area contributed by atoms with E-state index < -0.39 is 0 Å². The summed E-state index contributed by atoms with van der Waals surface area (Å²) >= 11 is 0. The monoisotopic (exact) mass is 318 g/mol. The predicted molar refractivity (Wildman–Crippen MR) is 88.1 cm³/mol. The molecule has 1 aromatic rings. The molecule has 6 heteroatoms. The molecule has 2 amide bonds. The van der Waals surface area contributed by atoms with Gasteiger partial charge >= 0.3 is 0 Å². The van der Waals surface area contributed by atoms with Crippen molar-refractivity contribution >= 4 is 11.8 Å². The number of hydrogen-bond acceptors (Lipinski definition) is 4. The zero-order chi connectivity index (χ0) is 17.0. The molecule has 126 valence electrons. The molecule has 0 radical (unpaired) electrons. The van der Waals surface area contributed by atoms with Crippen LogP contribution >= 0.6 is 0 Å². The highest BCUT2D eigenvalue weighted by Gasteiger charge is 2.36. The van der Waals surface area contributed by atoms with Crippen LogP contribution in [0.3, 0.4) is 0 Å². The topological polar surface area (TPSA) is 66.4 Å². The first-order valence-electron chi connectivity index (χ1n) is 8.34. The van der Waals surface area contributed by atoms with Gasteiger partial charge in [-0.25, -0.2) is 9.97 Å². The average Bonchev–Trinajstić information content (AvgIpc) is 2.55. The minimum Gasteiger partial charge on any atom is -0.342 e. The summed E-state index contributed by atoms with van der Waals surface area (Å²) in [4.78, 5) is 37.3. The van der Waals surface area contributed by atoms with Crippen molar-refractivity contribution in [1.82, 2.24) is 19.8 Å². The van der Waals surface area contributed by atoms with Crippen molar-refractivity contribution in [2.24, 2.45) is 0 Å². The molecule has 0 unspecified atom stereocenters. The molecule has 1 saturated heterocycles. The minimum atomic E-state index is -0.376. The van der Waals surface area contributed by atoms with E-state index in [4.69, 9.17) is 0 Å². The van der Waals surface area contributed by atoms with Crippen molar-refractivity contribution in [1.29, 1.82) is 0 Å². The normalized spacial score (nSPS) is 18.7. The zero-order valence-electron chi connectivity index (χ0n) is 14.5. The van der Waals surface area contributed by atoms with Gasteiger partial charge in [-0.15, -0.1) is 0 Å². The van der Waals surface area contributed by atoms with Crippen LogP contribution in [0, 0.1) is 0 Å². The second kappa shape index (κ2) is 7.53. The lowest BCUT2D eigenvalue weighted by atomic mass is 10.0. The van der Waals surface area contributed by atoms with E-state index in [2.05, 4.69) is 16.9 Å². The lowest BCUT2D eigenvalue weighted by Crippen LogP contribution is -2.57. The van der Waals surface area contributed by atoms with E-state index >= 15 is 0 Å². The number of carbonyl (C=O) groups excluding carboxylic acids is 2. The van der Waals surface area contributed by atoms with E-state index in [1.807, 2.05) is 13.8 Å². The maximum atomic E-state index is 12.9. The number of unbranched alkanes of at least 4 members (excludes halogenated alkanes) is 1. The first-order chi connectivity index (χ1) is 11.0. The van der Waals surface area contributed by atoms with Crippen LogP contribution in [0.5, 0.6) is 0 Å². The largest absolute Gasteiger partial charge is 0.342 e. The fourth-order valence-electron chi connectivity index (χ4n) is 2.75. The number of rotatable bonds is 5. The van der Waals surface area contributed by atoms with Crippen molar-refractivity contribution in [2.45, 2.75) is 52.0 Å². The molecule has 0 bridgehead atoms. The molecule has 0 aromatic carbocycles. The molecule has 23 heavy (non-hydrogen) atoms. The van der Waals surface area contributed by atoms with Crippen LogP contribution in [0.2, 0.25) is 0 Å². The zero-order valence-corrected chi connectivity index (χ0v) is 14.5. The van der Waals surface area contributed by atoms with E-state index in [-0.39, 0.29) is 23.8 Å². The molecular weight excluding hydrogens is 292 g/mol. The van der Waals surface area contributed by atoms with Gasteiger partial charge in [0, 0.05) is 32.3 Å². The Hall–Kier alpha value is -1.98. The molecule has 1 aliphatic heterocycles. The summed E-state index contributed by atoms with van der Waals surface area (Å²) in [5, 5.41) is 0. The summed E-state index contributed by atoms with van der Waals surface area (Å²) in [6.07, 6.45) is 4.25. The van der Waals surface area contributed by atoms with Gasteiger partial charge < -0.3 is 9.80 Å². The van der Waals surface area contributed by atoms with Crippen molar-refractivity contribution < 1.29 is 9.59 Å². The van der Waals surface area contributed by atoms with Crippen molar-refractivity contribution in [2.75, 3.05) is 20.1 Å². The number of hydrogen-bond donors (Lipinski definition) is 0. The maximum absolute atomic E-state index is 12.9. The van der Waals surface area contributed by atoms with E-state index in [0.29, 0.717) is 31.0 Å². The lowest BCUT2D eigenvalue weighted by Gasteiger charge is -2.39. The Morgan fingerprint density at radius 1 is 1.39 bits per heavy atom. The van der Waals surface area contributed by atoms with Crippen molar-refractivity contribution in [3.63, 3.8) is 0 Å². The third-order valence-electron chi connectivity index (χ3n) is 4.22. The lowest BCUT2D eigenvalue weighted by molar-refractivity contribution is -0.138. The first-order valence-corrected chi connectivity index (χ1v) is 8.34. The van der Waals surface area contributed by atoms with Gasteiger partial charge in [0.05, 0.1) is 0 Å². The Morgan fingerprint density at radius 2 is 2.13 bits per heavy atom. The van der Waals surface area contributed by atoms with Gasteiger partial charge in [-0.05, 0) is 12.5 Å². The van der Waals surface area contributed by atoms with Gasteiger partial charge in [0.25, 0.3) is 5.91 Å². The molecule has 1 fully saturated rings. The molecular formula is C17H26N4O2. The second-order valence-corrected chi connectivity index (χ2v) is 6.37. The molecule has 2 heterocycles. The molecule has 6 nitrogen and oxygen atoms in total. The fourth-order valence-corrected chi connectivity index (χ4v) is 2.75. The summed E-state index contributed by atoms with van der Waals surface area (Å²) in [7, 11) is 1.80. The number of amides is 2. The Bertz CT molecular complexity index is 573. The van der Waals surface area contributed by atoms with Gasteiger partial charge in [-0.1, -0.05) is 33.6 Å². The number of aromatic nitrogens is 2. The first kappa shape index (κ1) is 17.4. The molecule has 0 N–H and O–H groups in total. The molecule has 0 spiro atoms. The summed E-state index contributed by atoms with van der Waals surface area (Å²) in [5.74, 6) is 0.669. The molecule has 1 aromatic heterocycles. The molecule has 1 atom stereocenters. The summed E-state index contributed by atoms with van der Waals surface area (Å²) < 4.78 is 0. The second-order valence-electron chi connectivity index (χ2n) is 6.37. The Balaban J connectivity index is 2.24. The molecule has 0 saturated carbocycles. The van der Waals surface area contributed by atoms with E-state index in [1.165, 1.54) is 0 Å². The predicted octanol–water partition coefficient (Wildman–Crippen LogP) is 2.07. The Morgan fingerprint density at radius 3 is 2.78 bits per heavy atom. The van der Waals surface area contributed by atoms with Crippen LogP contribution < -0.4 is 0 Å². The number of carbonyl (C=O) groups is 2. The quantitative estimate of drug-likeness (QED) is 0.833. The summed E-state index contributed by atoms with van der Waals surface area (Å²) in [5.41, 5.74) is 0.377. The van der Waals surface area contributed by atoms with Crippen LogP contribution in [0.15, 0.2) is 12.3 Å². The molecule has 0 aliphatic carbocycles. The van der Waals surface area contributed by atoms with Crippen LogP contribution in [0.1, 0.15) is 62.3 Å². The smallest absolute Gasteiger partial charge is 0.273 e. The van der Waals surface area contributed by atoms with Crippen LogP contribution in [0.25, 0.3) is 0 Å². The van der Waals surface area contributed by atoms with Crippen LogP contribution in [-0.2, 0) is 4.79 Å².